The summed E-state index contributed by atoms with van der Waals surface area (Å²) in [4.78, 5) is 10.9. The van der Waals surface area contributed by atoms with Crippen LogP contribution < -0.4 is 5.32 Å². The van der Waals surface area contributed by atoms with Crippen LogP contribution in [0.25, 0.3) is 12.2 Å². The summed E-state index contributed by atoms with van der Waals surface area (Å²) in [6.45, 7) is 1.46. The van der Waals surface area contributed by atoms with Gasteiger partial charge in [-0.1, -0.05) is 24.3 Å². The van der Waals surface area contributed by atoms with E-state index in [1.807, 2.05) is 18.2 Å². The molecule has 0 saturated carbocycles. The van der Waals surface area contributed by atoms with Gasteiger partial charge < -0.3 is 15.5 Å². The quantitative estimate of drug-likeness (QED) is 0.749. The molecule has 1 amide bonds. The van der Waals surface area contributed by atoms with Crippen LogP contribution in [0.2, 0.25) is 0 Å². The van der Waals surface area contributed by atoms with Gasteiger partial charge >= 0.3 is 0 Å². The maximum atomic E-state index is 10.9. The summed E-state index contributed by atoms with van der Waals surface area (Å²) in [7, 11) is 0. The fraction of sp³-hybridized carbons (Fsp3) is 0.0625. The van der Waals surface area contributed by atoms with Gasteiger partial charge in [0.05, 0.1) is 0 Å². The van der Waals surface area contributed by atoms with Gasteiger partial charge in [-0.3, -0.25) is 4.79 Å². The second-order valence-electron chi connectivity index (χ2n) is 4.42. The van der Waals surface area contributed by atoms with Crippen molar-refractivity contribution in [3.05, 3.63) is 53.6 Å². The van der Waals surface area contributed by atoms with Gasteiger partial charge in [0.2, 0.25) is 5.91 Å². The number of hydrogen-bond acceptors (Lipinski definition) is 3. The smallest absolute Gasteiger partial charge is 0.221 e. The zero-order valence-electron chi connectivity index (χ0n) is 11.0. The van der Waals surface area contributed by atoms with E-state index in [1.165, 1.54) is 13.0 Å². The molecular formula is C16H15NO3. The van der Waals surface area contributed by atoms with Gasteiger partial charge in [0.1, 0.15) is 11.5 Å². The maximum absolute atomic E-state index is 10.9. The summed E-state index contributed by atoms with van der Waals surface area (Å²) in [6.07, 6.45) is 3.64. The van der Waals surface area contributed by atoms with Gasteiger partial charge in [-0.2, -0.15) is 0 Å². The van der Waals surface area contributed by atoms with E-state index in [2.05, 4.69) is 5.32 Å². The average Bonchev–Trinajstić information content (AvgIpc) is 2.36. The molecule has 0 bridgehead atoms. The maximum Gasteiger partial charge on any atom is 0.221 e. The Hall–Kier alpha value is -2.75. The molecule has 0 fully saturated rings. The van der Waals surface area contributed by atoms with Crippen LogP contribution in [0.1, 0.15) is 18.1 Å². The van der Waals surface area contributed by atoms with Crippen molar-refractivity contribution in [3.8, 4) is 11.5 Å². The fourth-order valence-corrected chi connectivity index (χ4v) is 1.79. The minimum absolute atomic E-state index is 0.0191. The third-order valence-electron chi connectivity index (χ3n) is 2.62. The molecule has 0 aliphatic heterocycles. The minimum Gasteiger partial charge on any atom is -0.508 e. The highest BCUT2D eigenvalue weighted by molar-refractivity contribution is 5.88. The largest absolute Gasteiger partial charge is 0.508 e. The van der Waals surface area contributed by atoms with Crippen molar-refractivity contribution in [2.24, 2.45) is 0 Å². The lowest BCUT2D eigenvalue weighted by molar-refractivity contribution is -0.114. The van der Waals surface area contributed by atoms with E-state index < -0.39 is 0 Å². The number of hydrogen-bond donors (Lipinski definition) is 3. The van der Waals surface area contributed by atoms with Crippen molar-refractivity contribution < 1.29 is 15.0 Å². The van der Waals surface area contributed by atoms with Crippen molar-refractivity contribution >= 4 is 23.7 Å². The molecule has 0 unspecified atom stereocenters. The van der Waals surface area contributed by atoms with Crippen LogP contribution in [-0.2, 0) is 4.79 Å². The Morgan fingerprint density at radius 1 is 0.950 bits per heavy atom. The first-order valence-corrected chi connectivity index (χ1v) is 6.12. The van der Waals surface area contributed by atoms with Crippen LogP contribution in [0.15, 0.2) is 42.5 Å². The van der Waals surface area contributed by atoms with Crippen LogP contribution in [0, 0.1) is 0 Å². The van der Waals surface area contributed by atoms with Crippen molar-refractivity contribution in [2.75, 3.05) is 5.32 Å². The number of amides is 1. The van der Waals surface area contributed by atoms with E-state index >= 15 is 0 Å². The van der Waals surface area contributed by atoms with Crippen LogP contribution in [0.5, 0.6) is 11.5 Å². The van der Waals surface area contributed by atoms with Gasteiger partial charge in [0, 0.05) is 18.7 Å². The molecule has 2 aromatic carbocycles. The number of aromatic hydroxyl groups is 2. The molecule has 0 atom stereocenters. The molecule has 0 heterocycles. The highest BCUT2D eigenvalue weighted by Crippen LogP contribution is 2.22. The molecule has 0 saturated heterocycles. The van der Waals surface area contributed by atoms with Crippen LogP contribution >= 0.6 is 0 Å². The van der Waals surface area contributed by atoms with Crippen molar-refractivity contribution in [2.45, 2.75) is 6.92 Å². The van der Waals surface area contributed by atoms with E-state index in [1.54, 1.807) is 30.3 Å². The number of rotatable bonds is 3. The third kappa shape index (κ3) is 3.88. The number of anilines is 1. The molecule has 20 heavy (non-hydrogen) atoms. The highest BCUT2D eigenvalue weighted by atomic mass is 16.3. The Morgan fingerprint density at radius 2 is 1.50 bits per heavy atom. The van der Waals surface area contributed by atoms with Gasteiger partial charge in [-0.05, 0) is 35.4 Å². The Morgan fingerprint density at radius 3 is 2.05 bits per heavy atom. The lowest BCUT2D eigenvalue weighted by Crippen LogP contribution is -2.05. The van der Waals surface area contributed by atoms with Gasteiger partial charge in [0.15, 0.2) is 0 Å². The molecule has 4 heteroatoms. The van der Waals surface area contributed by atoms with Crippen molar-refractivity contribution in [1.29, 1.82) is 0 Å². The third-order valence-corrected chi connectivity index (χ3v) is 2.62. The summed E-state index contributed by atoms with van der Waals surface area (Å²) in [5.41, 5.74) is 2.39. The predicted molar refractivity (Wildman–Crippen MR) is 79.4 cm³/mol. The van der Waals surface area contributed by atoms with E-state index in [0.717, 1.165) is 11.3 Å². The first-order chi connectivity index (χ1) is 9.52. The van der Waals surface area contributed by atoms with Gasteiger partial charge in [-0.15, -0.1) is 0 Å². The molecule has 0 aromatic heterocycles. The number of benzene rings is 2. The Bertz CT molecular complexity index is 625. The van der Waals surface area contributed by atoms with Gasteiger partial charge in [-0.25, -0.2) is 0 Å². The molecule has 102 valence electrons. The summed E-state index contributed by atoms with van der Waals surface area (Å²) < 4.78 is 0. The van der Waals surface area contributed by atoms with Crippen LogP contribution in [-0.4, -0.2) is 16.1 Å². The lowest BCUT2D eigenvalue weighted by atomic mass is 10.1. The first kappa shape index (κ1) is 13.7. The molecule has 0 radical (unpaired) electrons. The molecule has 3 N–H and O–H groups in total. The molecule has 2 aromatic rings. The fourth-order valence-electron chi connectivity index (χ4n) is 1.79. The zero-order chi connectivity index (χ0) is 14.5. The SMILES string of the molecule is CC(=O)Nc1ccc(C=Cc2cc(O)cc(O)c2)cc1. The molecule has 0 aliphatic rings. The normalized spacial score (nSPS) is 10.7. The lowest BCUT2D eigenvalue weighted by Gasteiger charge is -2.02. The number of nitrogens with one attached hydrogen (secondary N) is 1. The standard InChI is InChI=1S/C16H15NO3/c1-11(18)17-14-6-4-12(5-7-14)2-3-13-8-15(19)10-16(20)9-13/h2-10,19-20H,1H3,(H,17,18). The second kappa shape index (κ2) is 5.93. The van der Waals surface area contributed by atoms with Crippen molar-refractivity contribution in [1.82, 2.24) is 0 Å². The molecule has 2 rings (SSSR count). The topological polar surface area (TPSA) is 69.6 Å². The Balaban J connectivity index is 2.12. The van der Waals surface area contributed by atoms with E-state index in [0.29, 0.717) is 5.56 Å². The van der Waals surface area contributed by atoms with Crippen LogP contribution in [0.4, 0.5) is 5.69 Å². The molecular weight excluding hydrogens is 254 g/mol. The molecule has 4 nitrogen and oxygen atoms in total. The number of phenols is 2. The van der Waals surface area contributed by atoms with E-state index in [9.17, 15) is 15.0 Å². The summed E-state index contributed by atoms with van der Waals surface area (Å²) >= 11 is 0. The summed E-state index contributed by atoms with van der Waals surface area (Å²) in [6, 6.07) is 11.7. The van der Waals surface area contributed by atoms with Crippen LogP contribution in [0.3, 0.4) is 0 Å². The monoisotopic (exact) mass is 269 g/mol. The zero-order valence-corrected chi connectivity index (χ0v) is 11.0. The number of phenolic OH excluding ortho intramolecular Hbond substituents is 2. The van der Waals surface area contributed by atoms with E-state index in [-0.39, 0.29) is 17.4 Å². The highest BCUT2D eigenvalue weighted by Gasteiger charge is 1.97. The van der Waals surface area contributed by atoms with E-state index in [4.69, 9.17) is 0 Å². The second-order valence-corrected chi connectivity index (χ2v) is 4.42. The average molecular weight is 269 g/mol. The van der Waals surface area contributed by atoms with Gasteiger partial charge in [0.25, 0.3) is 0 Å². The number of carbonyl (C=O) groups is 1. The Kier molecular flexibility index (Phi) is 4.05. The first-order valence-electron chi connectivity index (χ1n) is 6.12. The minimum atomic E-state index is -0.108. The van der Waals surface area contributed by atoms with Crippen molar-refractivity contribution in [3.63, 3.8) is 0 Å². The molecule has 0 aliphatic carbocycles. The summed E-state index contributed by atoms with van der Waals surface area (Å²) in [5.74, 6) is -0.0696. The predicted octanol–water partition coefficient (Wildman–Crippen LogP) is 3.23. The molecule has 0 spiro atoms. The summed E-state index contributed by atoms with van der Waals surface area (Å²) in [5, 5.41) is 21.4. The Labute approximate surface area is 117 Å². The number of carbonyl (C=O) groups excluding carboxylic acids is 1.